The van der Waals surface area contributed by atoms with Crippen molar-refractivity contribution < 1.29 is 10.2 Å². The molecule has 5 aromatic carbocycles. The van der Waals surface area contributed by atoms with Crippen molar-refractivity contribution in [3.63, 3.8) is 0 Å². The molecule has 30 heavy (non-hydrogen) atoms. The summed E-state index contributed by atoms with van der Waals surface area (Å²) in [6, 6.07) is 32.6. The van der Waals surface area contributed by atoms with Crippen LogP contribution in [0.25, 0.3) is 21.5 Å². The Hall–Kier alpha value is -3.78. The Bertz CT molecular complexity index is 1370. The van der Waals surface area contributed by atoms with Crippen molar-refractivity contribution in [3.8, 4) is 11.5 Å². The van der Waals surface area contributed by atoms with Crippen LogP contribution >= 0.6 is 0 Å². The van der Waals surface area contributed by atoms with Crippen molar-refractivity contribution in [2.24, 2.45) is 0 Å². The van der Waals surface area contributed by atoms with E-state index < -0.39 is 5.41 Å². The van der Waals surface area contributed by atoms with Gasteiger partial charge in [0.2, 0.25) is 0 Å². The summed E-state index contributed by atoms with van der Waals surface area (Å²) in [5.74, 6) is 0.521. The fourth-order valence-electron chi connectivity index (χ4n) is 5.29. The molecular formula is C28H20O2. The average molecular weight is 388 g/mol. The lowest BCUT2D eigenvalue weighted by Gasteiger charge is -2.40. The number of rotatable bonds is 2. The molecule has 2 N–H and O–H groups in total. The Kier molecular flexibility index (Phi) is 3.48. The van der Waals surface area contributed by atoms with E-state index in [1.54, 1.807) is 24.3 Å². The highest BCUT2D eigenvalue weighted by molar-refractivity contribution is 6.12. The summed E-state index contributed by atoms with van der Waals surface area (Å²) in [5, 5.41) is 25.0. The minimum atomic E-state index is -0.413. The molecule has 0 fully saturated rings. The largest absolute Gasteiger partial charge is 0.508 e. The van der Waals surface area contributed by atoms with E-state index in [9.17, 15) is 10.2 Å². The number of benzene rings is 5. The second-order valence-corrected chi connectivity index (χ2v) is 8.16. The number of hydrogen-bond donors (Lipinski definition) is 2. The third kappa shape index (κ3) is 2.25. The van der Waals surface area contributed by atoms with Crippen LogP contribution < -0.4 is 0 Å². The Morgan fingerprint density at radius 3 is 1.67 bits per heavy atom. The molecule has 0 saturated heterocycles. The summed E-state index contributed by atoms with van der Waals surface area (Å²) in [7, 11) is 0. The van der Waals surface area contributed by atoms with E-state index >= 15 is 0 Å². The van der Waals surface area contributed by atoms with Crippen molar-refractivity contribution in [1.82, 2.24) is 0 Å². The van der Waals surface area contributed by atoms with Crippen LogP contribution in [0.3, 0.4) is 0 Å². The van der Waals surface area contributed by atoms with Crippen LogP contribution in [0.4, 0.5) is 0 Å². The predicted molar refractivity (Wildman–Crippen MR) is 121 cm³/mol. The van der Waals surface area contributed by atoms with Crippen LogP contribution in [0.5, 0.6) is 11.5 Å². The van der Waals surface area contributed by atoms with E-state index in [2.05, 4.69) is 48.5 Å². The molecule has 0 unspecified atom stereocenters. The van der Waals surface area contributed by atoms with Gasteiger partial charge in [0, 0.05) is 5.41 Å². The molecule has 0 aromatic heterocycles. The van der Waals surface area contributed by atoms with Crippen LogP contribution in [-0.2, 0) is 11.8 Å². The molecule has 0 radical (unpaired) electrons. The smallest absolute Gasteiger partial charge is 0.115 e. The van der Waals surface area contributed by atoms with Crippen molar-refractivity contribution in [1.29, 1.82) is 0 Å². The molecule has 0 spiro atoms. The fraction of sp³-hybridized carbons (Fsp3) is 0.0714. The van der Waals surface area contributed by atoms with E-state index in [-0.39, 0.29) is 11.5 Å². The van der Waals surface area contributed by atoms with Crippen molar-refractivity contribution in [2.75, 3.05) is 0 Å². The molecule has 0 bridgehead atoms. The summed E-state index contributed by atoms with van der Waals surface area (Å²) in [6.07, 6.45) is 0.815. The molecule has 0 atom stereocenters. The van der Waals surface area contributed by atoms with Gasteiger partial charge in [-0.1, -0.05) is 72.8 Å². The topological polar surface area (TPSA) is 40.5 Å². The number of aromatic hydroxyl groups is 2. The number of phenolic OH excluding ortho intramolecular Hbond substituents is 2. The summed E-state index contributed by atoms with van der Waals surface area (Å²) in [5.41, 5.74) is 4.43. The van der Waals surface area contributed by atoms with Gasteiger partial charge in [-0.05, 0) is 74.5 Å². The third-order valence-corrected chi connectivity index (χ3v) is 6.61. The highest BCUT2D eigenvalue weighted by atomic mass is 16.3. The standard InChI is InChI=1S/C28H20O2/c29-23-13-9-21(10-14-23)28(22-11-15-24(30)16-12-22)17-20-5-1-3-18-7-8-19-4-2-6-25(28)27(19)26(18)20/h1-16,29-30H,17H2. The Morgan fingerprint density at radius 1 is 0.533 bits per heavy atom. The van der Waals surface area contributed by atoms with Gasteiger partial charge in [-0.25, -0.2) is 0 Å². The third-order valence-electron chi connectivity index (χ3n) is 6.61. The van der Waals surface area contributed by atoms with Crippen molar-refractivity contribution in [3.05, 3.63) is 119 Å². The summed E-state index contributed by atoms with van der Waals surface area (Å²) in [4.78, 5) is 0. The first-order valence-electron chi connectivity index (χ1n) is 10.2. The Balaban J connectivity index is 1.80. The van der Waals surface area contributed by atoms with Gasteiger partial charge in [-0.3, -0.25) is 0 Å². The molecule has 0 heterocycles. The zero-order valence-corrected chi connectivity index (χ0v) is 16.3. The van der Waals surface area contributed by atoms with E-state index in [1.807, 2.05) is 24.3 Å². The predicted octanol–water partition coefficient (Wildman–Crippen LogP) is 6.29. The molecule has 2 nitrogen and oxygen atoms in total. The van der Waals surface area contributed by atoms with Crippen LogP contribution in [-0.4, -0.2) is 10.2 Å². The second kappa shape index (κ2) is 6.11. The second-order valence-electron chi connectivity index (χ2n) is 8.16. The van der Waals surface area contributed by atoms with Gasteiger partial charge < -0.3 is 10.2 Å². The number of hydrogen-bond acceptors (Lipinski definition) is 2. The fourth-order valence-corrected chi connectivity index (χ4v) is 5.29. The first-order chi connectivity index (χ1) is 14.7. The molecule has 5 aromatic rings. The van der Waals surface area contributed by atoms with Gasteiger partial charge in [-0.15, -0.1) is 0 Å². The summed E-state index contributed by atoms with van der Waals surface area (Å²) < 4.78 is 0. The zero-order chi connectivity index (χ0) is 20.3. The summed E-state index contributed by atoms with van der Waals surface area (Å²) >= 11 is 0. The molecule has 0 amide bonds. The lowest BCUT2D eigenvalue weighted by molar-refractivity contribution is 0.474. The van der Waals surface area contributed by atoms with Crippen LogP contribution in [0, 0.1) is 0 Å². The molecule has 1 aliphatic carbocycles. The van der Waals surface area contributed by atoms with Gasteiger partial charge in [0.15, 0.2) is 0 Å². The van der Waals surface area contributed by atoms with Crippen molar-refractivity contribution >= 4 is 21.5 Å². The normalized spacial score (nSPS) is 14.4. The van der Waals surface area contributed by atoms with Crippen molar-refractivity contribution in [2.45, 2.75) is 11.8 Å². The minimum absolute atomic E-state index is 0.260. The maximum absolute atomic E-state index is 9.95. The monoisotopic (exact) mass is 388 g/mol. The average Bonchev–Trinajstić information content (AvgIpc) is 2.78. The zero-order valence-electron chi connectivity index (χ0n) is 16.3. The number of phenols is 2. The summed E-state index contributed by atoms with van der Waals surface area (Å²) in [6.45, 7) is 0. The van der Waals surface area contributed by atoms with Crippen LogP contribution in [0.1, 0.15) is 22.3 Å². The van der Waals surface area contributed by atoms with E-state index in [1.165, 1.54) is 32.7 Å². The molecule has 6 rings (SSSR count). The Labute approximate surface area is 174 Å². The van der Waals surface area contributed by atoms with Gasteiger partial charge in [0.1, 0.15) is 11.5 Å². The van der Waals surface area contributed by atoms with E-state index in [0.29, 0.717) is 0 Å². The SMILES string of the molecule is Oc1ccc(C2(c3ccc(O)cc3)Cc3cccc4ccc5cccc2c5c34)cc1. The maximum Gasteiger partial charge on any atom is 0.115 e. The van der Waals surface area contributed by atoms with Gasteiger partial charge in [-0.2, -0.15) is 0 Å². The first kappa shape index (κ1) is 17.1. The minimum Gasteiger partial charge on any atom is -0.508 e. The maximum atomic E-state index is 9.95. The lowest BCUT2D eigenvalue weighted by atomic mass is 9.62. The van der Waals surface area contributed by atoms with Crippen LogP contribution in [0.2, 0.25) is 0 Å². The highest BCUT2D eigenvalue weighted by Gasteiger charge is 2.41. The Morgan fingerprint density at radius 2 is 1.07 bits per heavy atom. The van der Waals surface area contributed by atoms with E-state index in [4.69, 9.17) is 0 Å². The first-order valence-corrected chi connectivity index (χ1v) is 10.2. The molecular weight excluding hydrogens is 368 g/mol. The lowest BCUT2D eigenvalue weighted by Crippen LogP contribution is -2.34. The van der Waals surface area contributed by atoms with Gasteiger partial charge in [0.25, 0.3) is 0 Å². The molecule has 1 aliphatic rings. The van der Waals surface area contributed by atoms with Gasteiger partial charge >= 0.3 is 0 Å². The molecule has 0 aliphatic heterocycles. The molecule has 2 heteroatoms. The van der Waals surface area contributed by atoms with Crippen LogP contribution in [0.15, 0.2) is 97.1 Å². The quantitative estimate of drug-likeness (QED) is 0.349. The molecule has 144 valence electrons. The van der Waals surface area contributed by atoms with E-state index in [0.717, 1.165) is 17.5 Å². The van der Waals surface area contributed by atoms with Gasteiger partial charge in [0.05, 0.1) is 0 Å². The highest BCUT2D eigenvalue weighted by Crippen LogP contribution is 2.51. The molecule has 0 saturated carbocycles.